The van der Waals surface area contributed by atoms with Crippen LogP contribution in [0.25, 0.3) is 0 Å². The molecule has 0 spiro atoms. The first-order valence-electron chi connectivity index (χ1n) is 5.82. The van der Waals surface area contributed by atoms with E-state index in [1.165, 1.54) is 0 Å². The molecule has 0 aromatic rings. The standard InChI is InChI=1S/C13H25NO2/c1-9(2)7-10(15)12(3,4)8-13(5,6)11(14)16/h9H,7-8H2,1-6H3,(H2,14,16). The van der Waals surface area contributed by atoms with E-state index < -0.39 is 10.8 Å². The molecule has 0 atom stereocenters. The minimum atomic E-state index is -0.629. The molecule has 0 saturated carbocycles. The Kier molecular flexibility index (Phi) is 4.71. The van der Waals surface area contributed by atoms with Gasteiger partial charge in [-0.05, 0) is 12.3 Å². The SMILES string of the molecule is CC(C)CC(=O)C(C)(C)CC(C)(C)C(N)=O. The summed E-state index contributed by atoms with van der Waals surface area (Å²) in [6.07, 6.45) is 1.06. The zero-order chi connectivity index (χ0) is 13.1. The monoisotopic (exact) mass is 227 g/mol. The van der Waals surface area contributed by atoms with E-state index in [2.05, 4.69) is 0 Å². The number of amides is 1. The smallest absolute Gasteiger partial charge is 0.223 e. The van der Waals surface area contributed by atoms with Crippen molar-refractivity contribution >= 4 is 11.7 Å². The summed E-state index contributed by atoms with van der Waals surface area (Å²) in [5.41, 5.74) is 4.22. The van der Waals surface area contributed by atoms with Gasteiger partial charge in [-0.25, -0.2) is 0 Å². The summed E-state index contributed by atoms with van der Waals surface area (Å²) in [6.45, 7) is 11.4. The molecule has 0 bridgehead atoms. The van der Waals surface area contributed by atoms with Crippen LogP contribution >= 0.6 is 0 Å². The van der Waals surface area contributed by atoms with Crippen LogP contribution in [-0.4, -0.2) is 11.7 Å². The molecular formula is C13H25NO2. The van der Waals surface area contributed by atoms with Crippen molar-refractivity contribution in [3.8, 4) is 0 Å². The van der Waals surface area contributed by atoms with Crippen molar-refractivity contribution in [1.29, 1.82) is 0 Å². The average molecular weight is 227 g/mol. The summed E-state index contributed by atoms with van der Waals surface area (Å²) in [5, 5.41) is 0. The Morgan fingerprint density at radius 1 is 1.06 bits per heavy atom. The molecule has 94 valence electrons. The fraction of sp³-hybridized carbons (Fsp3) is 0.846. The van der Waals surface area contributed by atoms with Crippen molar-refractivity contribution in [1.82, 2.24) is 0 Å². The van der Waals surface area contributed by atoms with Gasteiger partial charge in [0, 0.05) is 17.3 Å². The van der Waals surface area contributed by atoms with E-state index in [4.69, 9.17) is 5.73 Å². The van der Waals surface area contributed by atoms with Gasteiger partial charge in [0.2, 0.25) is 5.91 Å². The molecule has 0 unspecified atom stereocenters. The lowest BCUT2D eigenvalue weighted by Crippen LogP contribution is -2.39. The third kappa shape index (κ3) is 4.33. The molecule has 0 aromatic heterocycles. The highest BCUT2D eigenvalue weighted by molar-refractivity contribution is 5.86. The fourth-order valence-electron chi connectivity index (χ4n) is 1.94. The third-order valence-electron chi connectivity index (χ3n) is 2.90. The van der Waals surface area contributed by atoms with Gasteiger partial charge >= 0.3 is 0 Å². The van der Waals surface area contributed by atoms with Crippen LogP contribution in [-0.2, 0) is 9.59 Å². The summed E-state index contributed by atoms with van der Waals surface area (Å²) in [4.78, 5) is 23.3. The van der Waals surface area contributed by atoms with Crippen molar-refractivity contribution in [2.75, 3.05) is 0 Å². The zero-order valence-corrected chi connectivity index (χ0v) is 11.4. The van der Waals surface area contributed by atoms with Gasteiger partial charge in [0.15, 0.2) is 0 Å². The number of nitrogens with two attached hydrogens (primary N) is 1. The van der Waals surface area contributed by atoms with E-state index in [0.717, 1.165) is 0 Å². The second-order valence-electron chi connectivity index (χ2n) is 6.33. The first kappa shape index (κ1) is 15.1. The molecule has 2 N–H and O–H groups in total. The first-order chi connectivity index (χ1) is 6.99. The van der Waals surface area contributed by atoms with Gasteiger partial charge in [0.25, 0.3) is 0 Å². The van der Waals surface area contributed by atoms with Crippen LogP contribution in [0.15, 0.2) is 0 Å². The molecule has 0 fully saturated rings. The van der Waals surface area contributed by atoms with Gasteiger partial charge in [-0.15, -0.1) is 0 Å². The lowest BCUT2D eigenvalue weighted by molar-refractivity contribution is -0.133. The third-order valence-corrected chi connectivity index (χ3v) is 2.90. The Labute approximate surface area is 98.8 Å². The quantitative estimate of drug-likeness (QED) is 0.758. The largest absolute Gasteiger partial charge is 0.369 e. The number of Topliss-reactive ketones (excluding diaryl/α,β-unsaturated/α-hetero) is 1. The summed E-state index contributed by atoms with van der Waals surface area (Å²) in [6, 6.07) is 0. The summed E-state index contributed by atoms with van der Waals surface area (Å²) < 4.78 is 0. The van der Waals surface area contributed by atoms with E-state index in [9.17, 15) is 9.59 Å². The van der Waals surface area contributed by atoms with Gasteiger partial charge in [0.1, 0.15) is 5.78 Å². The number of hydrogen-bond donors (Lipinski definition) is 1. The van der Waals surface area contributed by atoms with E-state index in [0.29, 0.717) is 18.8 Å². The summed E-state index contributed by atoms with van der Waals surface area (Å²) in [7, 11) is 0. The molecule has 0 aliphatic rings. The van der Waals surface area contributed by atoms with E-state index >= 15 is 0 Å². The van der Waals surface area contributed by atoms with Gasteiger partial charge in [-0.2, -0.15) is 0 Å². The number of hydrogen-bond acceptors (Lipinski definition) is 2. The topological polar surface area (TPSA) is 60.2 Å². The van der Waals surface area contributed by atoms with Crippen LogP contribution in [0.5, 0.6) is 0 Å². The Hall–Kier alpha value is -0.860. The van der Waals surface area contributed by atoms with Gasteiger partial charge in [-0.3, -0.25) is 9.59 Å². The minimum absolute atomic E-state index is 0.205. The number of ketones is 1. The van der Waals surface area contributed by atoms with Gasteiger partial charge in [0.05, 0.1) is 0 Å². The predicted octanol–water partition coefficient (Wildman–Crippen LogP) is 2.53. The van der Waals surface area contributed by atoms with Crippen molar-refractivity contribution in [3.63, 3.8) is 0 Å². The highest BCUT2D eigenvalue weighted by Gasteiger charge is 2.37. The van der Waals surface area contributed by atoms with Crippen LogP contribution in [0.4, 0.5) is 0 Å². The van der Waals surface area contributed by atoms with Crippen molar-refractivity contribution < 1.29 is 9.59 Å². The highest BCUT2D eigenvalue weighted by atomic mass is 16.1. The first-order valence-corrected chi connectivity index (χ1v) is 5.82. The van der Waals surface area contributed by atoms with E-state index in [-0.39, 0.29) is 11.7 Å². The number of carbonyl (C=O) groups excluding carboxylic acids is 2. The number of carbonyl (C=O) groups is 2. The second kappa shape index (κ2) is 4.98. The molecule has 3 heteroatoms. The molecule has 16 heavy (non-hydrogen) atoms. The zero-order valence-electron chi connectivity index (χ0n) is 11.4. The maximum atomic E-state index is 12.0. The Balaban J connectivity index is 4.68. The Morgan fingerprint density at radius 2 is 1.50 bits per heavy atom. The van der Waals surface area contributed by atoms with Crippen molar-refractivity contribution in [2.45, 2.75) is 54.4 Å². The lowest BCUT2D eigenvalue weighted by Gasteiger charge is -2.32. The van der Waals surface area contributed by atoms with Gasteiger partial charge < -0.3 is 5.73 Å². The maximum Gasteiger partial charge on any atom is 0.223 e. The number of rotatable bonds is 6. The highest BCUT2D eigenvalue weighted by Crippen LogP contribution is 2.35. The fourth-order valence-corrected chi connectivity index (χ4v) is 1.94. The van der Waals surface area contributed by atoms with E-state index in [1.807, 2.05) is 27.7 Å². The van der Waals surface area contributed by atoms with Crippen molar-refractivity contribution in [3.05, 3.63) is 0 Å². The Morgan fingerprint density at radius 3 is 1.81 bits per heavy atom. The van der Waals surface area contributed by atoms with E-state index in [1.54, 1.807) is 13.8 Å². The maximum absolute atomic E-state index is 12.0. The van der Waals surface area contributed by atoms with Gasteiger partial charge in [-0.1, -0.05) is 41.5 Å². The molecule has 0 rings (SSSR count). The van der Waals surface area contributed by atoms with Crippen LogP contribution < -0.4 is 5.73 Å². The molecular weight excluding hydrogens is 202 g/mol. The molecule has 0 radical (unpaired) electrons. The molecule has 0 aliphatic carbocycles. The van der Waals surface area contributed by atoms with Crippen LogP contribution in [0.2, 0.25) is 0 Å². The average Bonchev–Trinajstić information content (AvgIpc) is 2.00. The normalized spacial score (nSPS) is 12.9. The van der Waals surface area contributed by atoms with Crippen molar-refractivity contribution in [2.24, 2.45) is 22.5 Å². The summed E-state index contributed by atoms with van der Waals surface area (Å²) >= 11 is 0. The second-order valence-corrected chi connectivity index (χ2v) is 6.33. The van der Waals surface area contributed by atoms with Crippen LogP contribution in [0.3, 0.4) is 0 Å². The number of primary amides is 1. The minimum Gasteiger partial charge on any atom is -0.369 e. The molecule has 0 aliphatic heterocycles. The molecule has 0 heterocycles. The molecule has 1 amide bonds. The lowest BCUT2D eigenvalue weighted by atomic mass is 9.71. The molecule has 3 nitrogen and oxygen atoms in total. The molecule has 0 aromatic carbocycles. The predicted molar refractivity (Wildman–Crippen MR) is 65.8 cm³/mol. The van der Waals surface area contributed by atoms with Crippen LogP contribution in [0.1, 0.15) is 54.4 Å². The summed E-state index contributed by atoms with van der Waals surface area (Å²) in [5.74, 6) is 0.207. The Bertz CT molecular complexity index is 278. The van der Waals surface area contributed by atoms with Crippen LogP contribution in [0, 0.1) is 16.7 Å². The molecule has 0 saturated heterocycles.